The van der Waals surface area contributed by atoms with Crippen molar-refractivity contribution in [3.63, 3.8) is 0 Å². The molecule has 0 radical (unpaired) electrons. The maximum atomic E-state index is 12.5. The second kappa shape index (κ2) is 5.18. The smallest absolute Gasteiger partial charge is 0.267 e. The van der Waals surface area contributed by atoms with Crippen molar-refractivity contribution >= 4 is 18.1 Å². The van der Waals surface area contributed by atoms with E-state index in [1.807, 2.05) is 30.3 Å². The maximum Gasteiger partial charge on any atom is 0.278 e. The largest absolute Gasteiger partial charge is 0.278 e. The summed E-state index contributed by atoms with van der Waals surface area (Å²) in [6.07, 6.45) is 3.14. The zero-order valence-electron chi connectivity index (χ0n) is 10.4. The van der Waals surface area contributed by atoms with Gasteiger partial charge in [0.05, 0.1) is 0 Å². The van der Waals surface area contributed by atoms with Crippen LogP contribution in [0, 0.1) is 4.77 Å². The third-order valence-corrected chi connectivity index (χ3v) is 2.97. The van der Waals surface area contributed by atoms with Crippen LogP contribution in [0.2, 0.25) is 0 Å². The van der Waals surface area contributed by atoms with Crippen molar-refractivity contribution in [2.45, 2.75) is 0 Å². The van der Waals surface area contributed by atoms with Crippen LogP contribution in [0.4, 0.5) is 0 Å². The number of benzene rings is 1. The van der Waals surface area contributed by atoms with Crippen molar-refractivity contribution in [1.82, 2.24) is 19.7 Å². The molecular formula is C14H10N4OS. The van der Waals surface area contributed by atoms with E-state index in [0.717, 1.165) is 5.56 Å². The molecule has 98 valence electrons. The Balaban J connectivity index is 2.12. The molecule has 3 rings (SSSR count). The minimum Gasteiger partial charge on any atom is -0.267 e. The molecule has 0 saturated carbocycles. The lowest BCUT2D eigenvalue weighted by Gasteiger charge is -2.05. The fourth-order valence-corrected chi connectivity index (χ4v) is 2.05. The Kier molecular flexibility index (Phi) is 3.22. The summed E-state index contributed by atoms with van der Waals surface area (Å²) in [6, 6.07) is 12.7. The van der Waals surface area contributed by atoms with E-state index in [4.69, 9.17) is 12.2 Å². The quantitative estimate of drug-likeness (QED) is 0.734. The average Bonchev–Trinajstić information content (AvgIpc) is 2.90. The highest BCUT2D eigenvalue weighted by atomic mass is 32.1. The number of aromatic nitrogens is 4. The van der Waals surface area contributed by atoms with Gasteiger partial charge in [0.25, 0.3) is 5.91 Å². The van der Waals surface area contributed by atoms with E-state index in [1.54, 1.807) is 24.5 Å². The molecule has 2 heterocycles. The van der Waals surface area contributed by atoms with Gasteiger partial charge in [-0.1, -0.05) is 30.3 Å². The predicted octanol–water partition coefficient (Wildman–Crippen LogP) is 2.69. The molecule has 0 spiro atoms. The summed E-state index contributed by atoms with van der Waals surface area (Å²) in [5.41, 5.74) is 1.34. The Morgan fingerprint density at radius 3 is 2.50 bits per heavy atom. The molecule has 1 N–H and O–H groups in total. The van der Waals surface area contributed by atoms with Crippen molar-refractivity contribution in [3.05, 3.63) is 65.2 Å². The predicted molar refractivity (Wildman–Crippen MR) is 76.8 cm³/mol. The molecule has 0 aliphatic heterocycles. The highest BCUT2D eigenvalue weighted by Gasteiger charge is 2.15. The van der Waals surface area contributed by atoms with E-state index in [0.29, 0.717) is 11.4 Å². The minimum absolute atomic E-state index is 0.227. The van der Waals surface area contributed by atoms with Gasteiger partial charge in [-0.2, -0.15) is 9.67 Å². The van der Waals surface area contributed by atoms with Gasteiger partial charge in [0.15, 0.2) is 5.82 Å². The molecule has 0 aliphatic carbocycles. The molecule has 20 heavy (non-hydrogen) atoms. The number of aromatic amines is 1. The molecule has 6 heteroatoms. The first-order valence-electron chi connectivity index (χ1n) is 5.95. The third-order valence-electron chi connectivity index (χ3n) is 2.79. The molecule has 5 nitrogen and oxygen atoms in total. The number of H-pyrrole nitrogens is 1. The van der Waals surface area contributed by atoms with Crippen LogP contribution in [0.15, 0.2) is 54.9 Å². The summed E-state index contributed by atoms with van der Waals surface area (Å²) in [7, 11) is 0. The number of pyridine rings is 1. The van der Waals surface area contributed by atoms with Gasteiger partial charge in [-0.15, -0.1) is 0 Å². The molecule has 0 aliphatic rings. The first-order valence-corrected chi connectivity index (χ1v) is 6.36. The number of carbonyl (C=O) groups is 1. The van der Waals surface area contributed by atoms with Crippen molar-refractivity contribution in [2.24, 2.45) is 0 Å². The van der Waals surface area contributed by atoms with Crippen LogP contribution in [0.25, 0.3) is 11.4 Å². The fourth-order valence-electron chi connectivity index (χ4n) is 1.87. The van der Waals surface area contributed by atoms with Crippen LogP contribution in [0.1, 0.15) is 10.4 Å². The Bertz CT molecular complexity index is 793. The molecule has 0 saturated heterocycles. The lowest BCUT2D eigenvalue weighted by atomic mass is 10.2. The number of carbonyl (C=O) groups excluding carboxylic acids is 1. The average molecular weight is 282 g/mol. The number of nitrogens with one attached hydrogen (secondary N) is 1. The van der Waals surface area contributed by atoms with E-state index in [9.17, 15) is 4.79 Å². The Morgan fingerprint density at radius 1 is 1.10 bits per heavy atom. The molecule has 2 aromatic heterocycles. The molecular weight excluding hydrogens is 272 g/mol. The van der Waals surface area contributed by atoms with Gasteiger partial charge < -0.3 is 0 Å². The number of nitrogens with zero attached hydrogens (tertiary/aromatic N) is 3. The van der Waals surface area contributed by atoms with E-state index >= 15 is 0 Å². The summed E-state index contributed by atoms with van der Waals surface area (Å²) in [4.78, 5) is 20.6. The van der Waals surface area contributed by atoms with Crippen molar-refractivity contribution in [1.29, 1.82) is 0 Å². The molecule has 0 amide bonds. The molecule has 0 bridgehead atoms. The summed E-state index contributed by atoms with van der Waals surface area (Å²) < 4.78 is 1.62. The van der Waals surface area contributed by atoms with Crippen LogP contribution < -0.4 is 0 Å². The zero-order valence-corrected chi connectivity index (χ0v) is 11.2. The first kappa shape index (κ1) is 12.4. The van der Waals surface area contributed by atoms with E-state index in [1.165, 1.54) is 4.68 Å². The Labute approximate surface area is 119 Å². The fraction of sp³-hybridized carbons (Fsp3) is 0. The molecule has 3 aromatic rings. The highest BCUT2D eigenvalue weighted by Crippen LogP contribution is 2.17. The Hall–Kier alpha value is -2.60. The second-order valence-electron chi connectivity index (χ2n) is 4.09. The van der Waals surface area contributed by atoms with E-state index in [2.05, 4.69) is 15.1 Å². The van der Waals surface area contributed by atoms with Crippen molar-refractivity contribution < 1.29 is 4.79 Å². The topological polar surface area (TPSA) is 63.6 Å². The molecule has 0 unspecified atom stereocenters. The lowest BCUT2D eigenvalue weighted by molar-refractivity contribution is 0.0946. The van der Waals surface area contributed by atoms with Gasteiger partial charge in [-0.3, -0.25) is 14.9 Å². The van der Waals surface area contributed by atoms with Gasteiger partial charge in [0.1, 0.15) is 0 Å². The molecule has 0 fully saturated rings. The minimum atomic E-state index is -0.227. The number of hydrogen-bond donors (Lipinski definition) is 1. The summed E-state index contributed by atoms with van der Waals surface area (Å²) in [5, 5.41) is 2.79. The van der Waals surface area contributed by atoms with Crippen LogP contribution in [-0.4, -0.2) is 25.7 Å². The SMILES string of the molecule is O=C(c1ccncc1)n1[nH]c(=S)nc1-c1ccccc1. The van der Waals surface area contributed by atoms with Crippen LogP contribution in [0.3, 0.4) is 0 Å². The lowest BCUT2D eigenvalue weighted by Crippen LogP contribution is -2.15. The van der Waals surface area contributed by atoms with Gasteiger partial charge in [0, 0.05) is 23.5 Å². The monoisotopic (exact) mass is 282 g/mol. The van der Waals surface area contributed by atoms with Crippen LogP contribution in [-0.2, 0) is 0 Å². The second-order valence-corrected chi connectivity index (χ2v) is 4.48. The standard InChI is InChI=1S/C14H10N4OS/c19-13(11-6-8-15-9-7-11)18-12(16-14(20)17-18)10-4-2-1-3-5-10/h1-9H,(H,17,20). The van der Waals surface area contributed by atoms with E-state index in [-0.39, 0.29) is 10.7 Å². The van der Waals surface area contributed by atoms with Gasteiger partial charge in [-0.25, -0.2) is 0 Å². The zero-order chi connectivity index (χ0) is 13.9. The third kappa shape index (κ3) is 2.28. The van der Waals surface area contributed by atoms with Gasteiger partial charge in [-0.05, 0) is 24.4 Å². The summed E-state index contributed by atoms with van der Waals surface area (Å²) in [6.45, 7) is 0. The maximum absolute atomic E-state index is 12.5. The number of rotatable bonds is 2. The Morgan fingerprint density at radius 2 is 1.80 bits per heavy atom. The van der Waals surface area contributed by atoms with Crippen molar-refractivity contribution in [2.75, 3.05) is 0 Å². The van der Waals surface area contributed by atoms with E-state index < -0.39 is 0 Å². The molecule has 1 aromatic carbocycles. The van der Waals surface area contributed by atoms with Crippen LogP contribution in [0.5, 0.6) is 0 Å². The van der Waals surface area contributed by atoms with Crippen molar-refractivity contribution in [3.8, 4) is 11.4 Å². The van der Waals surface area contributed by atoms with Gasteiger partial charge in [0.2, 0.25) is 4.77 Å². The normalized spacial score (nSPS) is 10.4. The summed E-state index contributed by atoms with van der Waals surface area (Å²) >= 11 is 5.04. The highest BCUT2D eigenvalue weighted by molar-refractivity contribution is 7.71. The molecule has 0 atom stereocenters. The van der Waals surface area contributed by atoms with Crippen LogP contribution >= 0.6 is 12.2 Å². The van der Waals surface area contributed by atoms with Gasteiger partial charge >= 0.3 is 0 Å². The summed E-state index contributed by atoms with van der Waals surface area (Å²) in [5.74, 6) is 0.271. The number of hydrogen-bond acceptors (Lipinski definition) is 4. The first-order chi connectivity index (χ1) is 9.75.